The number of hydrogen-bond acceptors (Lipinski definition) is 4. The Bertz CT molecular complexity index is 464. The number of carbonyl (C=O) groups excluding carboxylic acids is 1. The van der Waals surface area contributed by atoms with Crippen molar-refractivity contribution in [2.45, 2.75) is 19.4 Å². The summed E-state index contributed by atoms with van der Waals surface area (Å²) in [5.74, 6) is 0.635. The molecule has 0 radical (unpaired) electrons. The van der Waals surface area contributed by atoms with Gasteiger partial charge in [-0.05, 0) is 32.0 Å². The van der Waals surface area contributed by atoms with Crippen LogP contribution in [0.3, 0.4) is 0 Å². The van der Waals surface area contributed by atoms with E-state index < -0.39 is 0 Å². The summed E-state index contributed by atoms with van der Waals surface area (Å²) in [6.45, 7) is 5.42. The summed E-state index contributed by atoms with van der Waals surface area (Å²) >= 11 is 0. The zero-order valence-corrected chi connectivity index (χ0v) is 14.0. The third-order valence-electron chi connectivity index (χ3n) is 3.71. The minimum absolute atomic E-state index is 0. The van der Waals surface area contributed by atoms with Gasteiger partial charge in [0.25, 0.3) is 5.91 Å². The number of para-hydroxylation sites is 1. The lowest BCUT2D eigenvalue weighted by Crippen LogP contribution is -2.38. The average Bonchev–Trinajstić information content (AvgIpc) is 3.05. The van der Waals surface area contributed by atoms with Crippen molar-refractivity contribution in [3.05, 3.63) is 29.8 Å². The summed E-state index contributed by atoms with van der Waals surface area (Å²) in [5.41, 5.74) is 0.614. The van der Waals surface area contributed by atoms with Gasteiger partial charge in [0.2, 0.25) is 0 Å². The maximum Gasteiger partial charge on any atom is 0.257 e. The molecule has 1 aromatic carbocycles. The molecule has 0 spiro atoms. The van der Waals surface area contributed by atoms with Gasteiger partial charge in [-0.2, -0.15) is 0 Å². The van der Waals surface area contributed by atoms with Gasteiger partial charge in [0.1, 0.15) is 12.4 Å². The van der Waals surface area contributed by atoms with Crippen LogP contribution in [0.1, 0.15) is 23.7 Å². The molecule has 1 heterocycles. The second-order valence-electron chi connectivity index (χ2n) is 5.10. The molecule has 1 aromatic rings. The van der Waals surface area contributed by atoms with Gasteiger partial charge < -0.3 is 19.7 Å². The molecule has 1 unspecified atom stereocenters. The topological polar surface area (TPSA) is 50.8 Å². The van der Waals surface area contributed by atoms with Gasteiger partial charge in [-0.15, -0.1) is 12.4 Å². The van der Waals surface area contributed by atoms with Crippen molar-refractivity contribution in [2.24, 2.45) is 0 Å². The molecule has 0 saturated carbocycles. The van der Waals surface area contributed by atoms with Crippen molar-refractivity contribution >= 4 is 18.3 Å². The van der Waals surface area contributed by atoms with Crippen molar-refractivity contribution in [1.82, 2.24) is 10.2 Å². The molecule has 1 fully saturated rings. The Morgan fingerprint density at radius 2 is 2.14 bits per heavy atom. The van der Waals surface area contributed by atoms with Crippen molar-refractivity contribution in [3.8, 4) is 5.75 Å². The van der Waals surface area contributed by atoms with E-state index in [4.69, 9.17) is 9.47 Å². The van der Waals surface area contributed by atoms with Crippen molar-refractivity contribution in [1.29, 1.82) is 0 Å². The second-order valence-corrected chi connectivity index (χ2v) is 5.10. The van der Waals surface area contributed by atoms with Gasteiger partial charge in [0.15, 0.2) is 0 Å². The number of nitrogens with one attached hydrogen (secondary N) is 1. The minimum Gasteiger partial charge on any atom is -0.490 e. The maximum absolute atomic E-state index is 12.6. The van der Waals surface area contributed by atoms with Crippen molar-refractivity contribution in [2.75, 3.05) is 40.0 Å². The summed E-state index contributed by atoms with van der Waals surface area (Å²) in [7, 11) is 1.86. The number of amides is 1. The first kappa shape index (κ1) is 18.7. The molecule has 22 heavy (non-hydrogen) atoms. The molecule has 5 nitrogen and oxygen atoms in total. The minimum atomic E-state index is 0. The molecule has 2 rings (SSSR count). The Morgan fingerprint density at radius 3 is 2.82 bits per heavy atom. The van der Waals surface area contributed by atoms with Crippen molar-refractivity contribution in [3.63, 3.8) is 0 Å². The fourth-order valence-electron chi connectivity index (χ4n) is 2.45. The van der Waals surface area contributed by atoms with E-state index in [2.05, 4.69) is 5.32 Å². The Morgan fingerprint density at radius 1 is 1.36 bits per heavy atom. The van der Waals surface area contributed by atoms with E-state index in [1.807, 2.05) is 43.1 Å². The van der Waals surface area contributed by atoms with Crippen LogP contribution in [0.4, 0.5) is 0 Å². The summed E-state index contributed by atoms with van der Waals surface area (Å²) in [6, 6.07) is 7.65. The first-order valence-electron chi connectivity index (χ1n) is 7.51. The lowest BCUT2D eigenvalue weighted by atomic mass is 10.1. The SMILES string of the molecule is CCOCCOc1ccccc1C(=O)N(C)C1CCNC1.Cl. The first-order chi connectivity index (χ1) is 10.2. The van der Waals surface area contributed by atoms with Crippen LogP contribution in [0.25, 0.3) is 0 Å². The van der Waals surface area contributed by atoms with Crippen LogP contribution in [-0.4, -0.2) is 56.8 Å². The van der Waals surface area contributed by atoms with Gasteiger partial charge in [0.05, 0.1) is 12.2 Å². The van der Waals surface area contributed by atoms with Crippen LogP contribution in [0.2, 0.25) is 0 Å². The number of ether oxygens (including phenoxy) is 2. The number of nitrogens with zero attached hydrogens (tertiary/aromatic N) is 1. The van der Waals surface area contributed by atoms with Crippen LogP contribution >= 0.6 is 12.4 Å². The number of hydrogen-bond donors (Lipinski definition) is 1. The first-order valence-corrected chi connectivity index (χ1v) is 7.51. The van der Waals surface area contributed by atoms with Crippen LogP contribution in [0, 0.1) is 0 Å². The molecule has 0 aliphatic carbocycles. The molecule has 1 aliphatic heterocycles. The van der Waals surface area contributed by atoms with Gasteiger partial charge in [0, 0.05) is 26.2 Å². The molecule has 1 saturated heterocycles. The lowest BCUT2D eigenvalue weighted by molar-refractivity contribution is 0.0733. The molecular weight excluding hydrogens is 304 g/mol. The zero-order chi connectivity index (χ0) is 15.1. The second kappa shape index (κ2) is 9.66. The number of carbonyl (C=O) groups is 1. The van der Waals surface area contributed by atoms with E-state index in [1.54, 1.807) is 0 Å². The smallest absolute Gasteiger partial charge is 0.257 e. The standard InChI is InChI=1S/C16H24N2O3.ClH/c1-3-20-10-11-21-15-7-5-4-6-14(15)16(19)18(2)13-8-9-17-12-13;/h4-7,13,17H,3,8-12H2,1-2H3;1H. The number of likely N-dealkylation sites (N-methyl/N-ethyl adjacent to an activating group) is 1. The van der Waals surface area contributed by atoms with Gasteiger partial charge >= 0.3 is 0 Å². The normalized spacial score (nSPS) is 16.9. The summed E-state index contributed by atoms with van der Waals surface area (Å²) in [5, 5.41) is 3.28. The molecular formula is C16H25ClN2O3. The molecule has 0 aromatic heterocycles. The number of halogens is 1. The third-order valence-corrected chi connectivity index (χ3v) is 3.71. The van der Waals surface area contributed by atoms with Crippen LogP contribution in [0.15, 0.2) is 24.3 Å². The van der Waals surface area contributed by atoms with Gasteiger partial charge in [-0.1, -0.05) is 12.1 Å². The van der Waals surface area contributed by atoms with E-state index in [0.717, 1.165) is 19.5 Å². The van der Waals surface area contributed by atoms with Gasteiger partial charge in [-0.3, -0.25) is 4.79 Å². The zero-order valence-electron chi connectivity index (χ0n) is 13.2. The predicted octanol–water partition coefficient (Wildman–Crippen LogP) is 1.96. The highest BCUT2D eigenvalue weighted by atomic mass is 35.5. The van der Waals surface area contributed by atoms with E-state index in [-0.39, 0.29) is 24.4 Å². The molecule has 0 bridgehead atoms. The molecule has 1 atom stereocenters. The Hall–Kier alpha value is -1.30. The molecule has 1 aliphatic rings. The fraction of sp³-hybridized carbons (Fsp3) is 0.562. The molecule has 6 heteroatoms. The molecule has 124 valence electrons. The number of benzene rings is 1. The summed E-state index contributed by atoms with van der Waals surface area (Å²) < 4.78 is 10.9. The van der Waals surface area contributed by atoms with Crippen LogP contribution < -0.4 is 10.1 Å². The van der Waals surface area contributed by atoms with E-state index in [0.29, 0.717) is 31.1 Å². The highest BCUT2D eigenvalue weighted by Gasteiger charge is 2.25. The third kappa shape index (κ3) is 4.87. The fourth-order valence-corrected chi connectivity index (χ4v) is 2.45. The predicted molar refractivity (Wildman–Crippen MR) is 89.0 cm³/mol. The van der Waals surface area contributed by atoms with E-state index >= 15 is 0 Å². The molecule has 1 N–H and O–H groups in total. The quantitative estimate of drug-likeness (QED) is 0.777. The Balaban J connectivity index is 0.00000242. The van der Waals surface area contributed by atoms with Crippen LogP contribution in [0.5, 0.6) is 5.75 Å². The highest BCUT2D eigenvalue weighted by Crippen LogP contribution is 2.21. The maximum atomic E-state index is 12.6. The number of rotatable bonds is 7. The summed E-state index contributed by atoms with van der Waals surface area (Å²) in [4.78, 5) is 14.4. The Kier molecular flexibility index (Phi) is 8.24. The highest BCUT2D eigenvalue weighted by molar-refractivity contribution is 5.97. The van der Waals surface area contributed by atoms with Gasteiger partial charge in [-0.25, -0.2) is 0 Å². The van der Waals surface area contributed by atoms with Crippen LogP contribution in [-0.2, 0) is 4.74 Å². The lowest BCUT2D eigenvalue weighted by Gasteiger charge is -2.24. The average molecular weight is 329 g/mol. The van der Waals surface area contributed by atoms with E-state index in [9.17, 15) is 4.79 Å². The monoisotopic (exact) mass is 328 g/mol. The largest absolute Gasteiger partial charge is 0.490 e. The summed E-state index contributed by atoms with van der Waals surface area (Å²) in [6.07, 6.45) is 0.996. The Labute approximate surface area is 138 Å². The van der Waals surface area contributed by atoms with E-state index in [1.165, 1.54) is 0 Å². The molecule has 1 amide bonds. The van der Waals surface area contributed by atoms with Crippen molar-refractivity contribution < 1.29 is 14.3 Å².